The van der Waals surface area contributed by atoms with Gasteiger partial charge < -0.3 is 10.1 Å². The van der Waals surface area contributed by atoms with Crippen molar-refractivity contribution in [1.82, 2.24) is 5.32 Å². The Hall–Kier alpha value is -0.860. The third-order valence-corrected chi connectivity index (χ3v) is 3.30. The Labute approximate surface area is 112 Å². The molecule has 1 aromatic rings. The summed E-state index contributed by atoms with van der Waals surface area (Å²) in [4.78, 5) is 0. The predicted octanol–water partition coefficient (Wildman–Crippen LogP) is 3.77. The molecule has 0 radical (unpaired) electrons. The molecule has 0 amide bonds. The fourth-order valence-electron chi connectivity index (χ4n) is 1.89. The van der Waals surface area contributed by atoms with Gasteiger partial charge in [0.25, 0.3) is 0 Å². The van der Waals surface area contributed by atoms with Crippen LogP contribution in [0.5, 0.6) is 0 Å². The van der Waals surface area contributed by atoms with Crippen LogP contribution in [-0.2, 0) is 4.74 Å². The molecule has 0 aliphatic heterocycles. The Kier molecular flexibility index (Phi) is 6.99. The van der Waals surface area contributed by atoms with Gasteiger partial charge in [-0.1, -0.05) is 25.1 Å². The van der Waals surface area contributed by atoms with Gasteiger partial charge in [-0.15, -0.1) is 0 Å². The summed E-state index contributed by atoms with van der Waals surface area (Å²) in [6, 6.07) is 7.11. The van der Waals surface area contributed by atoms with E-state index >= 15 is 0 Å². The number of nitrogens with one attached hydrogen (secondary N) is 1. The van der Waals surface area contributed by atoms with Gasteiger partial charge in [-0.25, -0.2) is 0 Å². The number of ether oxygens (including phenoxy) is 1. The Balaban J connectivity index is 2.27. The van der Waals surface area contributed by atoms with Crippen molar-refractivity contribution in [1.29, 1.82) is 0 Å². The summed E-state index contributed by atoms with van der Waals surface area (Å²) in [5, 5.41) is 3.54. The SMILES string of the molecule is CCCOCCCNC(C)c1ccc(C)c(C)c1. The van der Waals surface area contributed by atoms with Crippen molar-refractivity contribution in [2.24, 2.45) is 0 Å². The summed E-state index contributed by atoms with van der Waals surface area (Å²) < 4.78 is 5.47. The second-order valence-electron chi connectivity index (χ2n) is 4.99. The zero-order chi connectivity index (χ0) is 13.4. The Morgan fingerprint density at radius 2 is 1.94 bits per heavy atom. The van der Waals surface area contributed by atoms with Crippen LogP contribution < -0.4 is 5.32 Å². The van der Waals surface area contributed by atoms with Gasteiger partial charge in [0.2, 0.25) is 0 Å². The summed E-state index contributed by atoms with van der Waals surface area (Å²) >= 11 is 0. The Morgan fingerprint density at radius 3 is 2.61 bits per heavy atom. The standard InChI is InChI=1S/C16H27NO/c1-5-10-18-11-6-9-17-15(4)16-8-7-13(2)14(3)12-16/h7-8,12,15,17H,5-6,9-11H2,1-4H3. The molecule has 1 atom stereocenters. The number of benzene rings is 1. The van der Waals surface area contributed by atoms with E-state index in [1.54, 1.807) is 0 Å². The van der Waals surface area contributed by atoms with Crippen molar-refractivity contribution >= 4 is 0 Å². The van der Waals surface area contributed by atoms with Crippen LogP contribution >= 0.6 is 0 Å². The maximum absolute atomic E-state index is 5.47. The van der Waals surface area contributed by atoms with Crippen molar-refractivity contribution in [2.75, 3.05) is 19.8 Å². The molecule has 1 unspecified atom stereocenters. The van der Waals surface area contributed by atoms with Crippen LogP contribution in [0.4, 0.5) is 0 Å². The molecule has 2 nitrogen and oxygen atoms in total. The smallest absolute Gasteiger partial charge is 0.0478 e. The van der Waals surface area contributed by atoms with Gasteiger partial charge in [0.15, 0.2) is 0 Å². The molecule has 0 aliphatic carbocycles. The minimum Gasteiger partial charge on any atom is -0.381 e. The molecular weight excluding hydrogens is 222 g/mol. The number of hydrogen-bond donors (Lipinski definition) is 1. The first kappa shape index (κ1) is 15.2. The molecule has 2 heteroatoms. The lowest BCUT2D eigenvalue weighted by Gasteiger charge is -2.15. The summed E-state index contributed by atoms with van der Waals surface area (Å²) in [6.07, 6.45) is 2.18. The molecule has 0 aromatic heterocycles. The molecule has 0 aliphatic rings. The minimum absolute atomic E-state index is 0.412. The van der Waals surface area contributed by atoms with Gasteiger partial charge in [-0.2, -0.15) is 0 Å². The first-order chi connectivity index (χ1) is 8.65. The lowest BCUT2D eigenvalue weighted by atomic mass is 10.0. The lowest BCUT2D eigenvalue weighted by Crippen LogP contribution is -2.21. The third-order valence-electron chi connectivity index (χ3n) is 3.30. The second kappa shape index (κ2) is 8.28. The molecule has 0 saturated heterocycles. The van der Waals surface area contributed by atoms with Crippen LogP contribution in [0.3, 0.4) is 0 Å². The van der Waals surface area contributed by atoms with Gasteiger partial charge in [0, 0.05) is 19.3 Å². The first-order valence-corrected chi connectivity index (χ1v) is 7.03. The van der Waals surface area contributed by atoms with Gasteiger partial charge >= 0.3 is 0 Å². The predicted molar refractivity (Wildman–Crippen MR) is 78.1 cm³/mol. The number of rotatable bonds is 8. The molecule has 1 N–H and O–H groups in total. The lowest BCUT2D eigenvalue weighted by molar-refractivity contribution is 0.132. The molecule has 18 heavy (non-hydrogen) atoms. The van der Waals surface area contributed by atoms with Gasteiger partial charge in [0.05, 0.1) is 0 Å². The highest BCUT2D eigenvalue weighted by Crippen LogP contribution is 2.16. The quantitative estimate of drug-likeness (QED) is 0.708. The van der Waals surface area contributed by atoms with E-state index in [4.69, 9.17) is 4.74 Å². The zero-order valence-electron chi connectivity index (χ0n) is 12.3. The Morgan fingerprint density at radius 1 is 1.17 bits per heavy atom. The molecule has 1 rings (SSSR count). The van der Waals surface area contributed by atoms with E-state index in [0.717, 1.165) is 32.6 Å². The maximum Gasteiger partial charge on any atom is 0.0478 e. The topological polar surface area (TPSA) is 21.3 Å². The summed E-state index contributed by atoms with van der Waals surface area (Å²) in [7, 11) is 0. The van der Waals surface area contributed by atoms with Crippen LogP contribution in [0.1, 0.15) is 49.4 Å². The third kappa shape index (κ3) is 5.19. The van der Waals surface area contributed by atoms with E-state index in [-0.39, 0.29) is 0 Å². The normalized spacial score (nSPS) is 12.7. The van der Waals surface area contributed by atoms with Crippen LogP contribution in [-0.4, -0.2) is 19.8 Å². The summed E-state index contributed by atoms with van der Waals surface area (Å²) in [5.74, 6) is 0. The van der Waals surface area contributed by atoms with Crippen molar-refractivity contribution in [3.05, 3.63) is 34.9 Å². The highest BCUT2D eigenvalue weighted by molar-refractivity contribution is 5.31. The maximum atomic E-state index is 5.47. The molecule has 0 bridgehead atoms. The van der Waals surface area contributed by atoms with Crippen molar-refractivity contribution in [2.45, 2.75) is 46.6 Å². The van der Waals surface area contributed by atoms with Gasteiger partial charge in [-0.3, -0.25) is 0 Å². The largest absolute Gasteiger partial charge is 0.381 e. The fourth-order valence-corrected chi connectivity index (χ4v) is 1.89. The second-order valence-corrected chi connectivity index (χ2v) is 4.99. The van der Waals surface area contributed by atoms with Crippen molar-refractivity contribution in [3.63, 3.8) is 0 Å². The minimum atomic E-state index is 0.412. The van der Waals surface area contributed by atoms with E-state index in [1.807, 2.05) is 0 Å². The fraction of sp³-hybridized carbons (Fsp3) is 0.625. The van der Waals surface area contributed by atoms with Gasteiger partial charge in [0.1, 0.15) is 0 Å². The van der Waals surface area contributed by atoms with Crippen LogP contribution in [0.25, 0.3) is 0 Å². The molecule has 0 fully saturated rings. The molecule has 0 spiro atoms. The number of hydrogen-bond acceptors (Lipinski definition) is 2. The van der Waals surface area contributed by atoms with Crippen LogP contribution in [0.15, 0.2) is 18.2 Å². The first-order valence-electron chi connectivity index (χ1n) is 7.03. The van der Waals surface area contributed by atoms with E-state index in [2.05, 4.69) is 51.2 Å². The monoisotopic (exact) mass is 249 g/mol. The zero-order valence-corrected chi connectivity index (χ0v) is 12.3. The molecule has 0 saturated carbocycles. The van der Waals surface area contributed by atoms with Crippen molar-refractivity contribution in [3.8, 4) is 0 Å². The average Bonchev–Trinajstić information content (AvgIpc) is 2.36. The van der Waals surface area contributed by atoms with E-state index < -0.39 is 0 Å². The summed E-state index contributed by atoms with van der Waals surface area (Å²) in [6.45, 7) is 11.4. The highest BCUT2D eigenvalue weighted by Gasteiger charge is 2.05. The molecular formula is C16H27NO. The molecule has 102 valence electrons. The molecule has 0 heterocycles. The van der Waals surface area contributed by atoms with Crippen LogP contribution in [0.2, 0.25) is 0 Å². The highest BCUT2D eigenvalue weighted by atomic mass is 16.5. The van der Waals surface area contributed by atoms with E-state index in [0.29, 0.717) is 6.04 Å². The summed E-state index contributed by atoms with van der Waals surface area (Å²) in [5.41, 5.74) is 4.10. The average molecular weight is 249 g/mol. The number of aryl methyl sites for hydroxylation is 2. The Bertz CT molecular complexity index is 349. The van der Waals surface area contributed by atoms with Crippen molar-refractivity contribution < 1.29 is 4.74 Å². The van der Waals surface area contributed by atoms with Crippen LogP contribution in [0, 0.1) is 13.8 Å². The van der Waals surface area contributed by atoms with Gasteiger partial charge in [-0.05, 0) is 56.8 Å². The molecule has 1 aromatic carbocycles. The van der Waals surface area contributed by atoms with E-state index in [1.165, 1.54) is 16.7 Å². The van der Waals surface area contributed by atoms with E-state index in [9.17, 15) is 0 Å².